The number of benzene rings is 1. The molecule has 124 valence electrons. The Morgan fingerprint density at radius 2 is 1.96 bits per heavy atom. The molecule has 1 aromatic heterocycles. The van der Waals surface area contributed by atoms with Crippen molar-refractivity contribution in [2.45, 2.75) is 30.9 Å². The highest BCUT2D eigenvalue weighted by Crippen LogP contribution is 2.31. The van der Waals surface area contributed by atoms with Gasteiger partial charge in [0.2, 0.25) is 5.91 Å². The smallest absolute Gasteiger partial charge is 0.226 e. The van der Waals surface area contributed by atoms with E-state index in [-0.39, 0.29) is 24.5 Å². The third-order valence-corrected chi connectivity index (χ3v) is 5.52. The van der Waals surface area contributed by atoms with Crippen molar-refractivity contribution in [3.63, 3.8) is 0 Å². The van der Waals surface area contributed by atoms with Gasteiger partial charge in [0.15, 0.2) is 10.9 Å². The minimum atomic E-state index is -0.235. The summed E-state index contributed by atoms with van der Waals surface area (Å²) in [7, 11) is 0. The fraction of sp³-hybridized carbons (Fsp3) is 0.294. The van der Waals surface area contributed by atoms with E-state index < -0.39 is 0 Å². The van der Waals surface area contributed by atoms with Gasteiger partial charge in [-0.15, -0.1) is 0 Å². The predicted octanol–water partition coefficient (Wildman–Crippen LogP) is 3.98. The maximum atomic E-state index is 12.1. The van der Waals surface area contributed by atoms with Crippen molar-refractivity contribution in [3.05, 3.63) is 41.1 Å². The van der Waals surface area contributed by atoms with Gasteiger partial charge in [0.25, 0.3) is 0 Å². The number of carbonyl (C=O) groups is 2. The molecule has 5 nitrogen and oxygen atoms in total. The molecule has 0 saturated carbocycles. The van der Waals surface area contributed by atoms with E-state index in [1.54, 1.807) is 12.1 Å². The first kappa shape index (κ1) is 18.2. The number of ketones is 1. The number of hydrogen-bond acceptors (Lipinski definition) is 6. The van der Waals surface area contributed by atoms with E-state index in [0.717, 1.165) is 15.5 Å². The quantitative estimate of drug-likeness (QED) is 0.597. The molecule has 0 aliphatic rings. The molecule has 0 radical (unpaired) electrons. The molecule has 0 bridgehead atoms. The number of carbonyl (C=O) groups excluding carboxylic acids is 2. The van der Waals surface area contributed by atoms with Crippen molar-refractivity contribution in [3.8, 4) is 6.07 Å². The van der Waals surface area contributed by atoms with Gasteiger partial charge in [-0.1, -0.05) is 52.9 Å². The highest BCUT2D eigenvalue weighted by atomic mass is 32.2. The van der Waals surface area contributed by atoms with Crippen LogP contribution in [0, 0.1) is 25.2 Å². The van der Waals surface area contributed by atoms with Crippen molar-refractivity contribution in [1.82, 2.24) is 4.98 Å². The maximum Gasteiger partial charge on any atom is 0.226 e. The molecule has 0 atom stereocenters. The Hall–Kier alpha value is -2.17. The van der Waals surface area contributed by atoms with Crippen LogP contribution in [-0.2, 0) is 4.79 Å². The Kier molecular flexibility index (Phi) is 6.53. The summed E-state index contributed by atoms with van der Waals surface area (Å²) in [5.41, 5.74) is 2.51. The molecule has 0 aliphatic carbocycles. The molecule has 2 rings (SSSR count). The third kappa shape index (κ3) is 5.18. The first-order valence-electron chi connectivity index (χ1n) is 7.36. The summed E-state index contributed by atoms with van der Waals surface area (Å²) in [6, 6.07) is 9.38. The van der Waals surface area contributed by atoms with Crippen LogP contribution in [0.1, 0.15) is 34.5 Å². The number of thiazole rings is 1. The fourth-order valence-corrected chi connectivity index (χ4v) is 3.78. The monoisotopic (exact) mass is 359 g/mol. The lowest BCUT2D eigenvalue weighted by molar-refractivity contribution is -0.116. The highest BCUT2D eigenvalue weighted by molar-refractivity contribution is 8.01. The average molecular weight is 359 g/mol. The van der Waals surface area contributed by atoms with Gasteiger partial charge < -0.3 is 5.32 Å². The summed E-state index contributed by atoms with van der Waals surface area (Å²) in [5.74, 6) is 0.0633. The van der Waals surface area contributed by atoms with Gasteiger partial charge in [-0.3, -0.25) is 9.59 Å². The topological polar surface area (TPSA) is 82.8 Å². The summed E-state index contributed by atoms with van der Waals surface area (Å²) in [6.45, 7) is 3.80. The van der Waals surface area contributed by atoms with Crippen LogP contribution < -0.4 is 5.32 Å². The molecule has 0 fully saturated rings. The van der Waals surface area contributed by atoms with Gasteiger partial charge in [0.05, 0.1) is 21.7 Å². The van der Waals surface area contributed by atoms with Crippen LogP contribution in [0.5, 0.6) is 0 Å². The van der Waals surface area contributed by atoms with Crippen LogP contribution in [-0.4, -0.2) is 22.4 Å². The SMILES string of the molecule is Cc1ccc(C(=O)CCC(=O)Nc2nc(C)c(SCC#N)s2)cc1. The number of aryl methyl sites for hydroxylation is 2. The largest absolute Gasteiger partial charge is 0.302 e. The zero-order valence-corrected chi connectivity index (χ0v) is 15.1. The summed E-state index contributed by atoms with van der Waals surface area (Å²) in [4.78, 5) is 28.3. The molecular formula is C17H17N3O2S2. The number of rotatable bonds is 7. The molecule has 24 heavy (non-hydrogen) atoms. The van der Waals surface area contributed by atoms with Crippen LogP contribution in [0.25, 0.3) is 0 Å². The Morgan fingerprint density at radius 1 is 1.25 bits per heavy atom. The predicted molar refractivity (Wildman–Crippen MR) is 96.6 cm³/mol. The number of aromatic nitrogens is 1. The second kappa shape index (κ2) is 8.62. The third-order valence-electron chi connectivity index (χ3n) is 3.22. The maximum absolute atomic E-state index is 12.1. The van der Waals surface area contributed by atoms with Crippen molar-refractivity contribution < 1.29 is 9.59 Å². The van der Waals surface area contributed by atoms with E-state index in [4.69, 9.17) is 5.26 Å². The summed E-state index contributed by atoms with van der Waals surface area (Å²) in [5, 5.41) is 11.8. The van der Waals surface area contributed by atoms with Crippen LogP contribution >= 0.6 is 23.1 Å². The van der Waals surface area contributed by atoms with E-state index in [2.05, 4.69) is 16.4 Å². The van der Waals surface area contributed by atoms with Crippen molar-refractivity contribution in [1.29, 1.82) is 5.26 Å². The number of thioether (sulfide) groups is 1. The average Bonchev–Trinajstić information content (AvgIpc) is 2.90. The Bertz CT molecular complexity index is 776. The molecule has 2 aromatic rings. The number of nitrogens with zero attached hydrogens (tertiary/aromatic N) is 2. The van der Waals surface area contributed by atoms with E-state index in [0.29, 0.717) is 16.4 Å². The molecule has 1 heterocycles. The van der Waals surface area contributed by atoms with E-state index >= 15 is 0 Å². The zero-order chi connectivity index (χ0) is 17.5. The van der Waals surface area contributed by atoms with Crippen molar-refractivity contribution in [2.75, 3.05) is 11.1 Å². The van der Waals surface area contributed by atoms with Gasteiger partial charge in [-0.05, 0) is 13.8 Å². The van der Waals surface area contributed by atoms with Crippen molar-refractivity contribution in [2.24, 2.45) is 0 Å². The summed E-state index contributed by atoms with van der Waals surface area (Å²) in [6.07, 6.45) is 0.279. The Balaban J connectivity index is 1.86. The number of nitrogens with one attached hydrogen (secondary N) is 1. The first-order chi connectivity index (χ1) is 11.5. The Morgan fingerprint density at radius 3 is 2.62 bits per heavy atom. The lowest BCUT2D eigenvalue weighted by Crippen LogP contribution is -2.13. The lowest BCUT2D eigenvalue weighted by Gasteiger charge is -2.02. The van der Waals surface area contributed by atoms with Gasteiger partial charge in [0, 0.05) is 18.4 Å². The molecule has 1 N–H and O–H groups in total. The molecule has 1 amide bonds. The van der Waals surface area contributed by atoms with E-state index in [1.807, 2.05) is 26.0 Å². The van der Waals surface area contributed by atoms with Crippen LogP contribution in [0.3, 0.4) is 0 Å². The van der Waals surface area contributed by atoms with Gasteiger partial charge in [0.1, 0.15) is 0 Å². The van der Waals surface area contributed by atoms with Gasteiger partial charge in [-0.2, -0.15) is 5.26 Å². The summed E-state index contributed by atoms with van der Waals surface area (Å²) >= 11 is 2.74. The molecule has 7 heteroatoms. The first-order valence-corrected chi connectivity index (χ1v) is 9.16. The highest BCUT2D eigenvalue weighted by Gasteiger charge is 2.13. The van der Waals surface area contributed by atoms with Gasteiger partial charge >= 0.3 is 0 Å². The van der Waals surface area contributed by atoms with Crippen LogP contribution in [0.15, 0.2) is 28.5 Å². The molecule has 1 aromatic carbocycles. The second-order valence-electron chi connectivity index (χ2n) is 5.18. The standard InChI is InChI=1S/C17H17N3O2S2/c1-11-3-5-13(6-4-11)14(21)7-8-15(22)20-17-19-12(2)16(24-17)23-10-9-18/h3-6H,7-8,10H2,1-2H3,(H,19,20,22). The van der Waals surface area contributed by atoms with Crippen LogP contribution in [0.2, 0.25) is 0 Å². The van der Waals surface area contributed by atoms with Crippen LogP contribution in [0.4, 0.5) is 5.13 Å². The van der Waals surface area contributed by atoms with Crippen molar-refractivity contribution >= 4 is 39.9 Å². The summed E-state index contributed by atoms with van der Waals surface area (Å²) < 4.78 is 0.919. The van der Waals surface area contributed by atoms with E-state index in [9.17, 15) is 9.59 Å². The molecule has 0 aliphatic heterocycles. The number of Topliss-reactive ketones (excluding diaryl/α,β-unsaturated/α-hetero) is 1. The molecular weight excluding hydrogens is 342 g/mol. The van der Waals surface area contributed by atoms with E-state index in [1.165, 1.54) is 23.1 Å². The number of anilines is 1. The number of hydrogen-bond donors (Lipinski definition) is 1. The number of nitriles is 1. The lowest BCUT2D eigenvalue weighted by atomic mass is 10.1. The normalized spacial score (nSPS) is 10.2. The molecule has 0 unspecified atom stereocenters. The number of amides is 1. The Labute approximate surface area is 149 Å². The second-order valence-corrected chi connectivity index (χ2v) is 7.42. The fourth-order valence-electron chi connectivity index (χ4n) is 1.96. The molecule has 0 spiro atoms. The zero-order valence-electron chi connectivity index (χ0n) is 13.5. The molecule has 0 saturated heterocycles. The minimum Gasteiger partial charge on any atom is -0.302 e. The minimum absolute atomic E-state index is 0.0502. The van der Waals surface area contributed by atoms with Gasteiger partial charge in [-0.25, -0.2) is 4.98 Å².